The first-order valence-corrected chi connectivity index (χ1v) is 16.4. The van der Waals surface area contributed by atoms with Crippen molar-refractivity contribution in [3.05, 3.63) is 65.6 Å². The van der Waals surface area contributed by atoms with E-state index in [4.69, 9.17) is 9.47 Å². The van der Waals surface area contributed by atoms with E-state index in [1.165, 1.54) is 30.1 Å². The lowest BCUT2D eigenvalue weighted by Crippen LogP contribution is -2.65. The third kappa shape index (κ3) is 5.66. The Labute approximate surface area is 269 Å². The molecule has 12 heteroatoms. The van der Waals surface area contributed by atoms with Crippen LogP contribution in [0.5, 0.6) is 17.2 Å². The molecule has 3 aliphatic heterocycles. The lowest BCUT2D eigenvalue weighted by molar-refractivity contribution is -0.0353. The molecule has 2 saturated heterocycles. The number of hydrogen-bond donors (Lipinski definition) is 0. The summed E-state index contributed by atoms with van der Waals surface area (Å²) in [7, 11) is 0. The summed E-state index contributed by atoms with van der Waals surface area (Å²) in [4.78, 5) is 33.0. The fraction of sp³-hybridized carbons (Fsp3) is 0.500. The number of hydrogen-bond acceptors (Lipinski definition) is 9. The molecule has 1 saturated carbocycles. The minimum atomic E-state index is -0.497. The Morgan fingerprint density at radius 1 is 1.20 bits per heavy atom. The Morgan fingerprint density at radius 3 is 2.74 bits per heavy atom. The summed E-state index contributed by atoms with van der Waals surface area (Å²) in [6.45, 7) is 9.90. The predicted octanol–water partition coefficient (Wildman–Crippen LogP) is 5.02. The van der Waals surface area contributed by atoms with Crippen LogP contribution in [0, 0.1) is 22.5 Å². The molecule has 1 aliphatic carbocycles. The first-order chi connectivity index (χ1) is 22.3. The SMILES string of the molecule is CCN(C(=O)c1cc(F)ccc1Oc1cncnc1N1CC2(CC(Oc3ccnc4c3CN(C3CB(C#N)C3)CC4)C2)C1)C(C)C. The van der Waals surface area contributed by atoms with E-state index in [2.05, 4.69) is 30.7 Å². The Balaban J connectivity index is 0.989. The van der Waals surface area contributed by atoms with Gasteiger partial charge < -0.3 is 19.3 Å². The Kier molecular flexibility index (Phi) is 8.05. The van der Waals surface area contributed by atoms with Crippen LogP contribution >= 0.6 is 0 Å². The van der Waals surface area contributed by atoms with E-state index >= 15 is 0 Å². The first kappa shape index (κ1) is 30.4. The van der Waals surface area contributed by atoms with Crippen molar-refractivity contribution < 1.29 is 18.7 Å². The number of halogens is 1. The highest BCUT2D eigenvalue weighted by atomic mass is 19.1. The van der Waals surface area contributed by atoms with Gasteiger partial charge in [-0.3, -0.25) is 14.7 Å². The number of pyridine rings is 1. The van der Waals surface area contributed by atoms with E-state index in [1.807, 2.05) is 33.0 Å². The molecule has 0 radical (unpaired) electrons. The topological polar surface area (TPSA) is 108 Å². The molecule has 0 bridgehead atoms. The smallest absolute Gasteiger partial charge is 0.270 e. The molecule has 1 spiro atoms. The maximum absolute atomic E-state index is 14.3. The van der Waals surface area contributed by atoms with Crippen molar-refractivity contribution in [3.63, 3.8) is 0 Å². The van der Waals surface area contributed by atoms with E-state index < -0.39 is 5.82 Å². The van der Waals surface area contributed by atoms with Crippen LogP contribution in [0.2, 0.25) is 12.6 Å². The van der Waals surface area contributed by atoms with Gasteiger partial charge in [-0.15, -0.1) is 0 Å². The molecule has 4 aliphatic rings. The summed E-state index contributed by atoms with van der Waals surface area (Å²) < 4.78 is 27.1. The van der Waals surface area contributed by atoms with Crippen LogP contribution in [0.15, 0.2) is 43.0 Å². The average Bonchev–Trinajstić information content (AvgIpc) is 2.98. The van der Waals surface area contributed by atoms with Crippen LogP contribution in [0.25, 0.3) is 0 Å². The Morgan fingerprint density at radius 2 is 2.00 bits per heavy atom. The van der Waals surface area contributed by atoms with E-state index in [-0.39, 0.29) is 41.5 Å². The van der Waals surface area contributed by atoms with Gasteiger partial charge >= 0.3 is 0 Å². The van der Waals surface area contributed by atoms with Crippen LogP contribution in [0.3, 0.4) is 0 Å². The van der Waals surface area contributed by atoms with Crippen molar-refractivity contribution in [1.29, 1.82) is 5.26 Å². The van der Waals surface area contributed by atoms with Crippen LogP contribution in [0.1, 0.15) is 55.2 Å². The zero-order valence-electron chi connectivity index (χ0n) is 26.7. The summed E-state index contributed by atoms with van der Waals surface area (Å²) in [5.74, 6) is 3.91. The van der Waals surface area contributed by atoms with Crippen LogP contribution < -0.4 is 14.4 Å². The van der Waals surface area contributed by atoms with Gasteiger partial charge in [-0.2, -0.15) is 0 Å². The number of nitriles is 1. The number of anilines is 1. The van der Waals surface area contributed by atoms with Crippen molar-refractivity contribution >= 4 is 18.4 Å². The van der Waals surface area contributed by atoms with E-state index in [0.717, 1.165) is 69.5 Å². The van der Waals surface area contributed by atoms with Crippen molar-refractivity contribution in [2.75, 3.05) is 31.1 Å². The number of carbonyl (C=O) groups excluding carboxylic acids is 1. The third-order valence-corrected chi connectivity index (χ3v) is 10.2. The highest BCUT2D eigenvalue weighted by Gasteiger charge is 2.54. The second-order valence-corrected chi connectivity index (χ2v) is 13.5. The Bertz CT molecular complexity index is 1660. The molecule has 0 atom stereocenters. The van der Waals surface area contributed by atoms with Gasteiger partial charge in [0.05, 0.1) is 11.8 Å². The number of carbonyl (C=O) groups is 1. The number of amides is 1. The predicted molar refractivity (Wildman–Crippen MR) is 172 cm³/mol. The number of fused-ring (bicyclic) bond motifs is 1. The van der Waals surface area contributed by atoms with Crippen molar-refractivity contribution in [3.8, 4) is 23.2 Å². The summed E-state index contributed by atoms with van der Waals surface area (Å²) in [5.41, 5.74) is 2.65. The van der Waals surface area contributed by atoms with E-state index in [9.17, 15) is 14.4 Å². The van der Waals surface area contributed by atoms with Gasteiger partial charge in [-0.25, -0.2) is 19.6 Å². The highest BCUT2D eigenvalue weighted by molar-refractivity contribution is 6.70. The van der Waals surface area contributed by atoms with Gasteiger partial charge in [0.25, 0.3) is 12.6 Å². The van der Waals surface area contributed by atoms with Gasteiger partial charge in [0, 0.05) is 74.0 Å². The summed E-state index contributed by atoms with van der Waals surface area (Å²) in [6.07, 6.45) is 9.84. The molecule has 0 unspecified atom stereocenters. The number of aromatic nitrogens is 3. The highest BCUT2D eigenvalue weighted by Crippen LogP contribution is 2.52. The molecule has 3 fully saturated rings. The van der Waals surface area contributed by atoms with E-state index in [0.29, 0.717) is 24.2 Å². The number of ether oxygens (including phenoxy) is 2. The summed E-state index contributed by atoms with van der Waals surface area (Å²) in [6, 6.07) is 6.46. The first-order valence-electron chi connectivity index (χ1n) is 16.4. The maximum atomic E-state index is 14.3. The van der Waals surface area contributed by atoms with Gasteiger partial charge in [0.15, 0.2) is 11.6 Å². The van der Waals surface area contributed by atoms with Crippen LogP contribution in [0.4, 0.5) is 10.2 Å². The minimum absolute atomic E-state index is 0.0407. The molecular formula is C34H39BFN7O3. The largest absolute Gasteiger partial charge is 0.490 e. The van der Waals surface area contributed by atoms with Crippen LogP contribution in [-0.4, -0.2) is 81.7 Å². The molecule has 2 aromatic heterocycles. The van der Waals surface area contributed by atoms with Gasteiger partial charge in [-0.1, -0.05) is 0 Å². The molecule has 1 aromatic carbocycles. The molecule has 7 rings (SSSR count). The molecule has 0 N–H and O–H groups in total. The number of rotatable bonds is 9. The van der Waals surface area contributed by atoms with Crippen LogP contribution in [-0.2, 0) is 13.0 Å². The number of nitrogens with zero attached hydrogens (tertiary/aromatic N) is 7. The summed E-state index contributed by atoms with van der Waals surface area (Å²) in [5, 5.41) is 9.20. The minimum Gasteiger partial charge on any atom is -0.490 e. The molecule has 238 valence electrons. The maximum Gasteiger partial charge on any atom is 0.270 e. The van der Waals surface area contributed by atoms with Gasteiger partial charge in [-0.05, 0) is 76.6 Å². The molecular weight excluding hydrogens is 584 g/mol. The van der Waals surface area contributed by atoms with Gasteiger partial charge in [0.2, 0.25) is 0 Å². The molecule has 10 nitrogen and oxygen atoms in total. The quantitative estimate of drug-likeness (QED) is 0.304. The molecule has 46 heavy (non-hydrogen) atoms. The molecule has 5 heterocycles. The van der Waals surface area contributed by atoms with Crippen molar-refractivity contribution in [1.82, 2.24) is 24.8 Å². The molecule has 3 aromatic rings. The fourth-order valence-electron chi connectivity index (χ4n) is 7.58. The van der Waals surface area contributed by atoms with Crippen molar-refractivity contribution in [2.45, 2.75) is 77.4 Å². The fourth-order valence-corrected chi connectivity index (χ4v) is 7.58. The number of benzene rings is 1. The lowest BCUT2D eigenvalue weighted by atomic mass is 9.34. The summed E-state index contributed by atoms with van der Waals surface area (Å²) >= 11 is 0. The normalized spacial score (nSPS) is 19.1. The Hall–Kier alpha value is -4.24. The van der Waals surface area contributed by atoms with Gasteiger partial charge in [0.1, 0.15) is 29.7 Å². The van der Waals surface area contributed by atoms with E-state index in [1.54, 1.807) is 11.1 Å². The average molecular weight is 624 g/mol. The second-order valence-electron chi connectivity index (χ2n) is 13.5. The lowest BCUT2D eigenvalue weighted by Gasteiger charge is -2.59. The van der Waals surface area contributed by atoms with Crippen molar-refractivity contribution in [2.24, 2.45) is 5.41 Å². The monoisotopic (exact) mass is 623 g/mol. The zero-order chi connectivity index (χ0) is 32.0. The standard InChI is InChI=1S/C34H39BFN7O3/c1-4-43(22(2)3)33(44)26-11-23(36)5-6-29(26)46-31-16-38-21-40-32(31)42-18-34(19-42)12-25(13-34)45-30-7-9-39-28-8-10-41(17-27(28)30)24-14-35(15-24)20-37/h5-7,9,11,16,21-22,24-25H,4,8,10,12-15,17-19H2,1-3H3. The second kappa shape index (κ2) is 12.2. The third-order valence-electron chi connectivity index (χ3n) is 10.2. The molecule has 1 amide bonds. The zero-order valence-corrected chi connectivity index (χ0v) is 26.7.